The predicted molar refractivity (Wildman–Crippen MR) is 122 cm³/mol. The molecule has 2 aliphatic rings. The number of methoxy groups -OCH3 is 2. The molecule has 0 saturated carbocycles. The third kappa shape index (κ3) is 4.72. The normalized spacial score (nSPS) is 16.7. The summed E-state index contributed by atoms with van der Waals surface area (Å²) in [5.74, 6) is 1.46. The topological polar surface area (TPSA) is 82.1 Å². The zero-order chi connectivity index (χ0) is 23.4. The number of fused-ring (bicyclic) bond motifs is 1. The van der Waals surface area contributed by atoms with E-state index in [4.69, 9.17) is 14.2 Å². The average Bonchev–Trinajstić information content (AvgIpc) is 2.84. The molecular formula is C26H29NO6. The number of Topliss-reactive ketones (excluding diaryl/α,β-unsaturated/α-hetero) is 2. The van der Waals surface area contributed by atoms with Gasteiger partial charge in [0.15, 0.2) is 23.1 Å². The number of carbonyl (C=O) groups excluding carboxylic acids is 3. The van der Waals surface area contributed by atoms with Gasteiger partial charge in [0.25, 0.3) is 0 Å². The summed E-state index contributed by atoms with van der Waals surface area (Å²) < 4.78 is 17.2. The summed E-state index contributed by atoms with van der Waals surface area (Å²) in [5.41, 5.74) is 0.528. The van der Waals surface area contributed by atoms with Crippen molar-refractivity contribution in [1.82, 2.24) is 4.90 Å². The summed E-state index contributed by atoms with van der Waals surface area (Å²) >= 11 is 0. The van der Waals surface area contributed by atoms with Crippen LogP contribution in [0.3, 0.4) is 0 Å². The molecule has 1 fully saturated rings. The molecule has 2 heterocycles. The third-order valence-corrected chi connectivity index (χ3v) is 6.52. The van der Waals surface area contributed by atoms with Gasteiger partial charge in [-0.05, 0) is 18.6 Å². The summed E-state index contributed by atoms with van der Waals surface area (Å²) in [6, 6.07) is 12.6. The lowest BCUT2D eigenvalue weighted by Crippen LogP contribution is -2.52. The summed E-state index contributed by atoms with van der Waals surface area (Å²) in [6.07, 6.45) is 2.61. The average molecular weight is 452 g/mol. The molecule has 0 N–H and O–H groups in total. The van der Waals surface area contributed by atoms with E-state index in [0.29, 0.717) is 73.6 Å². The first kappa shape index (κ1) is 22.8. The van der Waals surface area contributed by atoms with Crippen molar-refractivity contribution in [1.29, 1.82) is 0 Å². The van der Waals surface area contributed by atoms with Crippen LogP contribution in [0.25, 0.3) is 0 Å². The van der Waals surface area contributed by atoms with E-state index in [1.165, 1.54) is 7.11 Å². The molecule has 0 aromatic heterocycles. The van der Waals surface area contributed by atoms with Crippen LogP contribution in [0.5, 0.6) is 17.2 Å². The van der Waals surface area contributed by atoms with Crippen molar-refractivity contribution in [2.45, 2.75) is 44.1 Å². The van der Waals surface area contributed by atoms with Gasteiger partial charge in [0.2, 0.25) is 11.7 Å². The van der Waals surface area contributed by atoms with E-state index >= 15 is 0 Å². The molecule has 2 aromatic rings. The Hall–Kier alpha value is -3.35. The fourth-order valence-corrected chi connectivity index (χ4v) is 4.63. The van der Waals surface area contributed by atoms with E-state index in [-0.39, 0.29) is 23.9 Å². The van der Waals surface area contributed by atoms with Gasteiger partial charge < -0.3 is 19.1 Å². The molecule has 7 nitrogen and oxygen atoms in total. The van der Waals surface area contributed by atoms with Crippen LogP contribution in [0.4, 0.5) is 0 Å². The first-order chi connectivity index (χ1) is 16.0. The monoisotopic (exact) mass is 451 g/mol. The van der Waals surface area contributed by atoms with Gasteiger partial charge >= 0.3 is 0 Å². The number of carbonyl (C=O) groups is 3. The Kier molecular flexibility index (Phi) is 6.67. The highest BCUT2D eigenvalue weighted by molar-refractivity contribution is 6.01. The lowest BCUT2D eigenvalue weighted by atomic mass is 9.82. The standard InChI is InChI=1S/C26H29NO6/c1-31-22-12-11-19-21(29)17-26(33-24(19)25(22)32-2)13-15-27(16-14-26)23(30)10-6-9-20(28)18-7-4-3-5-8-18/h3-5,7-8,11-12H,6,9-10,13-17H2,1-2H3. The van der Waals surface area contributed by atoms with Gasteiger partial charge in [-0.15, -0.1) is 0 Å². The van der Waals surface area contributed by atoms with Crippen LogP contribution in [0.2, 0.25) is 0 Å². The van der Waals surface area contributed by atoms with Gasteiger partial charge in [-0.3, -0.25) is 14.4 Å². The second-order valence-electron chi connectivity index (χ2n) is 8.59. The number of ketones is 2. The summed E-state index contributed by atoms with van der Waals surface area (Å²) in [5, 5.41) is 0. The highest BCUT2D eigenvalue weighted by Crippen LogP contribution is 2.47. The highest BCUT2D eigenvalue weighted by atomic mass is 16.5. The van der Waals surface area contributed by atoms with Crippen LogP contribution in [-0.2, 0) is 4.79 Å². The van der Waals surface area contributed by atoms with Crippen LogP contribution in [0.1, 0.15) is 59.2 Å². The quantitative estimate of drug-likeness (QED) is 0.590. The van der Waals surface area contributed by atoms with E-state index < -0.39 is 5.60 Å². The SMILES string of the molecule is COc1ccc2c(c1OC)OC1(CCN(C(=O)CCCC(=O)c3ccccc3)CC1)CC2=O. The number of likely N-dealkylation sites (tertiary alicyclic amines) is 1. The first-order valence-corrected chi connectivity index (χ1v) is 11.3. The van der Waals surface area contributed by atoms with E-state index in [0.717, 1.165) is 0 Å². The van der Waals surface area contributed by atoms with E-state index in [1.807, 2.05) is 23.1 Å². The number of amides is 1. The number of benzene rings is 2. The van der Waals surface area contributed by atoms with E-state index in [9.17, 15) is 14.4 Å². The second-order valence-corrected chi connectivity index (χ2v) is 8.59. The summed E-state index contributed by atoms with van der Waals surface area (Å²) in [4.78, 5) is 39.6. The Bertz CT molecular complexity index is 1040. The molecule has 0 aliphatic carbocycles. The molecule has 33 heavy (non-hydrogen) atoms. The maximum Gasteiger partial charge on any atom is 0.222 e. The fraction of sp³-hybridized carbons (Fsp3) is 0.423. The number of ether oxygens (including phenoxy) is 3. The zero-order valence-corrected chi connectivity index (χ0v) is 19.1. The van der Waals surface area contributed by atoms with Crippen molar-refractivity contribution < 1.29 is 28.6 Å². The summed E-state index contributed by atoms with van der Waals surface area (Å²) in [7, 11) is 3.07. The Labute approximate surface area is 193 Å². The van der Waals surface area contributed by atoms with Gasteiger partial charge in [0.1, 0.15) is 5.60 Å². The number of rotatable bonds is 7. The van der Waals surface area contributed by atoms with Crippen molar-refractivity contribution in [2.75, 3.05) is 27.3 Å². The number of piperidine rings is 1. The Morgan fingerprint density at radius 1 is 1.00 bits per heavy atom. The first-order valence-electron chi connectivity index (χ1n) is 11.3. The molecule has 0 unspecified atom stereocenters. The molecule has 7 heteroatoms. The molecule has 0 radical (unpaired) electrons. The molecule has 2 aliphatic heterocycles. The molecule has 4 rings (SSSR count). The van der Waals surface area contributed by atoms with Crippen LogP contribution in [0, 0.1) is 0 Å². The van der Waals surface area contributed by atoms with Crippen LogP contribution >= 0.6 is 0 Å². The smallest absolute Gasteiger partial charge is 0.222 e. The maximum absolute atomic E-state index is 12.9. The molecule has 0 atom stereocenters. The molecule has 1 saturated heterocycles. The van der Waals surface area contributed by atoms with Gasteiger partial charge in [0, 0.05) is 44.3 Å². The Balaban J connectivity index is 1.34. The third-order valence-electron chi connectivity index (χ3n) is 6.52. The number of hydrogen-bond donors (Lipinski definition) is 0. The molecule has 1 spiro atoms. The van der Waals surface area contributed by atoms with Crippen molar-refractivity contribution in [3.05, 3.63) is 53.6 Å². The largest absolute Gasteiger partial charge is 0.493 e. The lowest BCUT2D eigenvalue weighted by Gasteiger charge is -2.44. The minimum Gasteiger partial charge on any atom is -0.493 e. The van der Waals surface area contributed by atoms with Gasteiger partial charge in [-0.25, -0.2) is 0 Å². The summed E-state index contributed by atoms with van der Waals surface area (Å²) in [6.45, 7) is 1.03. The van der Waals surface area contributed by atoms with Crippen LogP contribution < -0.4 is 14.2 Å². The highest BCUT2D eigenvalue weighted by Gasteiger charge is 2.45. The van der Waals surface area contributed by atoms with Gasteiger partial charge in [-0.1, -0.05) is 30.3 Å². The molecular weight excluding hydrogens is 422 g/mol. The van der Waals surface area contributed by atoms with Crippen LogP contribution in [-0.4, -0.2) is 55.3 Å². The number of hydrogen-bond acceptors (Lipinski definition) is 6. The second kappa shape index (κ2) is 9.65. The minimum atomic E-state index is -0.649. The van der Waals surface area contributed by atoms with Crippen molar-refractivity contribution >= 4 is 17.5 Å². The minimum absolute atomic E-state index is 0.0106. The lowest BCUT2D eigenvalue weighted by molar-refractivity contribution is -0.134. The molecule has 2 aromatic carbocycles. The van der Waals surface area contributed by atoms with Crippen molar-refractivity contribution in [3.63, 3.8) is 0 Å². The predicted octanol–water partition coefficient (Wildman–Crippen LogP) is 4.08. The van der Waals surface area contributed by atoms with Gasteiger partial charge in [0.05, 0.1) is 26.2 Å². The molecule has 1 amide bonds. The molecule has 0 bridgehead atoms. The van der Waals surface area contributed by atoms with Crippen molar-refractivity contribution in [3.8, 4) is 17.2 Å². The Morgan fingerprint density at radius 3 is 2.39 bits per heavy atom. The van der Waals surface area contributed by atoms with Crippen molar-refractivity contribution in [2.24, 2.45) is 0 Å². The Morgan fingerprint density at radius 2 is 1.73 bits per heavy atom. The van der Waals surface area contributed by atoms with E-state index in [2.05, 4.69) is 0 Å². The molecule has 174 valence electrons. The zero-order valence-electron chi connectivity index (χ0n) is 19.1. The number of nitrogens with zero attached hydrogens (tertiary/aromatic N) is 1. The van der Waals surface area contributed by atoms with Gasteiger partial charge in [-0.2, -0.15) is 0 Å². The van der Waals surface area contributed by atoms with Crippen LogP contribution in [0.15, 0.2) is 42.5 Å². The maximum atomic E-state index is 12.9. The fourth-order valence-electron chi connectivity index (χ4n) is 4.63. The van der Waals surface area contributed by atoms with E-state index in [1.54, 1.807) is 31.4 Å².